The molecule has 5 rings (SSSR count). The van der Waals surface area contributed by atoms with Gasteiger partial charge in [-0.1, -0.05) is 53.2 Å². The van der Waals surface area contributed by atoms with Crippen LogP contribution in [0.1, 0.15) is 92.9 Å². The van der Waals surface area contributed by atoms with Crippen molar-refractivity contribution >= 4 is 0 Å². The second-order valence-electron chi connectivity index (χ2n) is 13.7. The number of allylic oxidation sites excluding steroid dienone is 1. The van der Waals surface area contributed by atoms with Gasteiger partial charge < -0.3 is 15.3 Å². The Labute approximate surface area is 196 Å². The minimum atomic E-state index is -1.19. The Morgan fingerprint density at radius 3 is 2.31 bits per heavy atom. The minimum absolute atomic E-state index is 0.309. The molecule has 4 fully saturated rings. The van der Waals surface area contributed by atoms with E-state index in [4.69, 9.17) is 0 Å². The van der Waals surface area contributed by atoms with E-state index in [0.717, 1.165) is 54.8 Å². The number of aliphatic hydroxyl groups is 3. The Morgan fingerprint density at radius 2 is 1.62 bits per heavy atom. The van der Waals surface area contributed by atoms with Gasteiger partial charge in [0.05, 0.1) is 6.10 Å². The molecule has 32 heavy (non-hydrogen) atoms. The molecule has 0 heterocycles. The SMILES string of the molecule is CC(C)[C@@H](C)[C@H]1C[C@@H]1[C@@H](C)[C@H]1CCC2C3=C[C@@H](O)[C@@]4(O)C[C@@H](O)CC[C@]4(C)C3CC[C@@]21C. The normalized spacial score (nSPS) is 54.3. The smallest absolute Gasteiger partial charge is 0.102 e. The van der Waals surface area contributed by atoms with Crippen molar-refractivity contribution in [2.45, 2.75) is 111 Å². The lowest BCUT2D eigenvalue weighted by Crippen LogP contribution is -2.65. The predicted octanol–water partition coefficient (Wildman–Crippen LogP) is 5.58. The summed E-state index contributed by atoms with van der Waals surface area (Å²) in [7, 11) is 0. The molecule has 5 aliphatic rings. The lowest BCUT2D eigenvalue weighted by atomic mass is 9.45. The average molecular weight is 445 g/mol. The lowest BCUT2D eigenvalue weighted by molar-refractivity contribution is -0.210. The molecule has 0 aromatic rings. The highest BCUT2D eigenvalue weighted by atomic mass is 16.3. The Balaban J connectivity index is 1.40. The van der Waals surface area contributed by atoms with Crippen LogP contribution in [-0.2, 0) is 0 Å². The molecule has 12 atom stereocenters. The summed E-state index contributed by atoms with van der Waals surface area (Å²) >= 11 is 0. The van der Waals surface area contributed by atoms with Crippen LogP contribution < -0.4 is 0 Å². The second-order valence-corrected chi connectivity index (χ2v) is 13.7. The summed E-state index contributed by atoms with van der Waals surface area (Å²) in [5.41, 5.74) is 0.281. The zero-order chi connectivity index (χ0) is 23.2. The summed E-state index contributed by atoms with van der Waals surface area (Å²) in [4.78, 5) is 0. The van der Waals surface area contributed by atoms with E-state index in [1.807, 2.05) is 0 Å². The van der Waals surface area contributed by atoms with E-state index in [9.17, 15) is 15.3 Å². The van der Waals surface area contributed by atoms with Crippen LogP contribution in [0.3, 0.4) is 0 Å². The molecule has 2 unspecified atom stereocenters. The molecule has 0 aromatic heterocycles. The van der Waals surface area contributed by atoms with Crippen molar-refractivity contribution in [3.8, 4) is 0 Å². The number of aliphatic hydroxyl groups excluding tert-OH is 2. The van der Waals surface area contributed by atoms with Crippen LogP contribution in [0, 0.1) is 58.2 Å². The van der Waals surface area contributed by atoms with Gasteiger partial charge in [0, 0.05) is 11.8 Å². The molecule has 3 heteroatoms. The first-order valence-corrected chi connectivity index (χ1v) is 13.7. The lowest BCUT2D eigenvalue weighted by Gasteiger charge is -2.62. The second kappa shape index (κ2) is 7.56. The van der Waals surface area contributed by atoms with Crippen LogP contribution in [0.4, 0.5) is 0 Å². The molecule has 0 radical (unpaired) electrons. The predicted molar refractivity (Wildman–Crippen MR) is 129 cm³/mol. The molecule has 0 aliphatic heterocycles. The van der Waals surface area contributed by atoms with Gasteiger partial charge in [-0.05, 0) is 97.7 Å². The zero-order valence-electron chi connectivity index (χ0n) is 21.3. The van der Waals surface area contributed by atoms with Crippen molar-refractivity contribution in [3.63, 3.8) is 0 Å². The highest BCUT2D eigenvalue weighted by Crippen LogP contribution is 2.69. The number of fused-ring (bicyclic) bond motifs is 5. The molecule has 5 aliphatic carbocycles. The summed E-state index contributed by atoms with van der Waals surface area (Å²) in [5.74, 6) is 5.91. The van der Waals surface area contributed by atoms with Crippen molar-refractivity contribution in [1.82, 2.24) is 0 Å². The van der Waals surface area contributed by atoms with Crippen molar-refractivity contribution in [2.75, 3.05) is 0 Å². The van der Waals surface area contributed by atoms with Gasteiger partial charge in [-0.15, -0.1) is 0 Å². The van der Waals surface area contributed by atoms with Crippen molar-refractivity contribution in [2.24, 2.45) is 58.2 Å². The molecule has 0 amide bonds. The van der Waals surface area contributed by atoms with Crippen molar-refractivity contribution in [3.05, 3.63) is 11.6 Å². The molecule has 0 bridgehead atoms. The Morgan fingerprint density at radius 1 is 0.906 bits per heavy atom. The van der Waals surface area contributed by atoms with Crippen LogP contribution in [0.25, 0.3) is 0 Å². The van der Waals surface area contributed by atoms with Crippen LogP contribution in [0.5, 0.6) is 0 Å². The maximum atomic E-state index is 11.6. The van der Waals surface area contributed by atoms with Gasteiger partial charge >= 0.3 is 0 Å². The van der Waals surface area contributed by atoms with E-state index in [1.165, 1.54) is 31.3 Å². The summed E-state index contributed by atoms with van der Waals surface area (Å²) in [5, 5.41) is 33.1. The van der Waals surface area contributed by atoms with E-state index in [1.54, 1.807) is 0 Å². The summed E-state index contributed by atoms with van der Waals surface area (Å²) < 4.78 is 0. The fraction of sp³-hybridized carbons (Fsp3) is 0.931. The Bertz CT molecular complexity index is 774. The molecule has 0 aromatic carbocycles. The number of rotatable bonds is 4. The fourth-order valence-corrected chi connectivity index (χ4v) is 9.69. The summed E-state index contributed by atoms with van der Waals surface area (Å²) in [6.45, 7) is 14.5. The number of hydrogen-bond acceptors (Lipinski definition) is 3. The molecule has 182 valence electrons. The third kappa shape index (κ3) is 3.09. The Kier molecular flexibility index (Phi) is 5.52. The van der Waals surface area contributed by atoms with Crippen LogP contribution >= 0.6 is 0 Å². The summed E-state index contributed by atoms with van der Waals surface area (Å²) in [6.07, 6.45) is 8.93. The molecular weight excluding hydrogens is 396 g/mol. The fourth-order valence-electron chi connectivity index (χ4n) is 9.69. The summed E-state index contributed by atoms with van der Waals surface area (Å²) in [6, 6.07) is 0. The molecule has 0 spiro atoms. The van der Waals surface area contributed by atoms with E-state index < -0.39 is 17.8 Å². The molecule has 3 N–H and O–H groups in total. The van der Waals surface area contributed by atoms with E-state index in [-0.39, 0.29) is 5.41 Å². The quantitative estimate of drug-likeness (QED) is 0.496. The standard InChI is InChI=1S/C29H48O3/c1-16(2)17(3)20-13-21(20)18(4)23-7-8-24-22-14-26(31)29(32)15-19(30)9-12-28(29,6)25(22)10-11-27(23,24)5/h14,16-21,23-26,30-32H,7-13,15H2,1-6H3/t17-,18-,19+,20-,21-,23-,24?,25?,26-,27-,28-,29+/m1/s1. The largest absolute Gasteiger partial charge is 0.393 e. The van der Waals surface area contributed by atoms with Gasteiger partial charge in [0.15, 0.2) is 0 Å². The van der Waals surface area contributed by atoms with Crippen molar-refractivity contribution in [1.29, 1.82) is 0 Å². The third-order valence-electron chi connectivity index (χ3n) is 12.3. The van der Waals surface area contributed by atoms with Gasteiger partial charge in [-0.2, -0.15) is 0 Å². The molecular formula is C29H48O3. The highest BCUT2D eigenvalue weighted by Gasteiger charge is 2.65. The van der Waals surface area contributed by atoms with E-state index in [0.29, 0.717) is 23.7 Å². The molecule has 0 saturated heterocycles. The van der Waals surface area contributed by atoms with Gasteiger partial charge in [-0.25, -0.2) is 0 Å². The van der Waals surface area contributed by atoms with Crippen LogP contribution in [-0.4, -0.2) is 33.1 Å². The number of hydrogen-bond donors (Lipinski definition) is 3. The van der Waals surface area contributed by atoms with Gasteiger partial charge in [0.1, 0.15) is 11.7 Å². The third-order valence-corrected chi connectivity index (χ3v) is 12.3. The highest BCUT2D eigenvalue weighted by molar-refractivity contribution is 5.33. The molecule has 4 saturated carbocycles. The van der Waals surface area contributed by atoms with Gasteiger partial charge in [-0.3, -0.25) is 0 Å². The van der Waals surface area contributed by atoms with Crippen molar-refractivity contribution < 1.29 is 15.3 Å². The van der Waals surface area contributed by atoms with Gasteiger partial charge in [0.2, 0.25) is 0 Å². The topological polar surface area (TPSA) is 60.7 Å². The van der Waals surface area contributed by atoms with E-state index in [2.05, 4.69) is 47.6 Å². The minimum Gasteiger partial charge on any atom is -0.393 e. The van der Waals surface area contributed by atoms with Crippen LogP contribution in [0.15, 0.2) is 11.6 Å². The first-order chi connectivity index (χ1) is 14.9. The van der Waals surface area contributed by atoms with Gasteiger partial charge in [0.25, 0.3) is 0 Å². The van der Waals surface area contributed by atoms with E-state index >= 15 is 0 Å². The zero-order valence-corrected chi connectivity index (χ0v) is 21.3. The Hall–Kier alpha value is -0.380. The maximum Gasteiger partial charge on any atom is 0.102 e. The monoisotopic (exact) mass is 444 g/mol. The maximum absolute atomic E-state index is 11.6. The molecule has 3 nitrogen and oxygen atoms in total. The first-order valence-electron chi connectivity index (χ1n) is 13.7. The first kappa shape index (κ1) is 23.4. The average Bonchev–Trinajstić information content (AvgIpc) is 3.44. The van der Waals surface area contributed by atoms with Crippen LogP contribution in [0.2, 0.25) is 0 Å².